The van der Waals surface area contributed by atoms with Gasteiger partial charge in [-0.25, -0.2) is 4.39 Å². The molecule has 0 radical (unpaired) electrons. The Balaban J connectivity index is 2.69. The van der Waals surface area contributed by atoms with Crippen LogP contribution in [0.5, 0.6) is 5.75 Å². The second-order valence-electron chi connectivity index (χ2n) is 4.34. The van der Waals surface area contributed by atoms with Crippen molar-refractivity contribution in [2.75, 3.05) is 26.9 Å². The average Bonchev–Trinajstić information content (AvgIpc) is 2.42. The van der Waals surface area contributed by atoms with Gasteiger partial charge in [0.1, 0.15) is 11.6 Å². The molecule has 0 aromatic heterocycles. The highest BCUT2D eigenvalue weighted by Crippen LogP contribution is 2.25. The molecular formula is C15H24FNO2. The molecule has 1 atom stereocenters. The monoisotopic (exact) mass is 269 g/mol. The van der Waals surface area contributed by atoms with Gasteiger partial charge in [-0.3, -0.25) is 0 Å². The van der Waals surface area contributed by atoms with Crippen molar-refractivity contribution >= 4 is 0 Å². The fourth-order valence-corrected chi connectivity index (χ4v) is 2.07. The molecular weight excluding hydrogens is 245 g/mol. The van der Waals surface area contributed by atoms with E-state index < -0.39 is 0 Å². The molecule has 0 aliphatic heterocycles. The Hall–Kier alpha value is -1.13. The highest BCUT2D eigenvalue weighted by molar-refractivity contribution is 5.30. The third kappa shape index (κ3) is 5.17. The van der Waals surface area contributed by atoms with Crippen LogP contribution in [0.3, 0.4) is 0 Å². The van der Waals surface area contributed by atoms with E-state index in [1.54, 1.807) is 12.1 Å². The van der Waals surface area contributed by atoms with Gasteiger partial charge in [-0.1, -0.05) is 13.0 Å². The first kappa shape index (κ1) is 15.9. The lowest BCUT2D eigenvalue weighted by Crippen LogP contribution is -2.22. The summed E-state index contributed by atoms with van der Waals surface area (Å²) >= 11 is 0. The lowest BCUT2D eigenvalue weighted by atomic mass is 10.0. The molecule has 1 rings (SSSR count). The standard InChI is InChI=1S/C15H24FNO2/c1-4-17-15(7-6-10-19-5-2)13-9-8-12(18-3)11-14(13)16/h8-9,11,15,17H,4-7,10H2,1-3H3. The number of hydrogen-bond acceptors (Lipinski definition) is 3. The predicted molar refractivity (Wildman–Crippen MR) is 75.1 cm³/mol. The first-order chi connectivity index (χ1) is 9.22. The third-order valence-corrected chi connectivity index (χ3v) is 3.02. The number of nitrogens with one attached hydrogen (secondary N) is 1. The third-order valence-electron chi connectivity index (χ3n) is 3.02. The van der Waals surface area contributed by atoms with E-state index in [0.717, 1.165) is 32.6 Å². The van der Waals surface area contributed by atoms with Crippen LogP contribution in [0.4, 0.5) is 4.39 Å². The number of ether oxygens (including phenoxy) is 2. The molecule has 4 heteroatoms. The molecule has 3 nitrogen and oxygen atoms in total. The summed E-state index contributed by atoms with van der Waals surface area (Å²) in [6, 6.07) is 5.05. The number of hydrogen-bond donors (Lipinski definition) is 1. The van der Waals surface area contributed by atoms with Crippen LogP contribution < -0.4 is 10.1 Å². The Morgan fingerprint density at radius 3 is 2.68 bits per heavy atom. The van der Waals surface area contributed by atoms with Crippen LogP contribution in [-0.4, -0.2) is 26.9 Å². The fourth-order valence-electron chi connectivity index (χ4n) is 2.07. The van der Waals surface area contributed by atoms with E-state index in [1.807, 2.05) is 13.8 Å². The van der Waals surface area contributed by atoms with Gasteiger partial charge < -0.3 is 14.8 Å². The summed E-state index contributed by atoms with van der Waals surface area (Å²) in [6.45, 7) is 6.26. The number of benzene rings is 1. The highest BCUT2D eigenvalue weighted by Gasteiger charge is 2.15. The van der Waals surface area contributed by atoms with Crippen molar-refractivity contribution in [2.45, 2.75) is 32.7 Å². The molecule has 19 heavy (non-hydrogen) atoms. The molecule has 1 unspecified atom stereocenters. The Bertz CT molecular complexity index is 371. The predicted octanol–water partition coefficient (Wildman–Crippen LogP) is 3.30. The first-order valence-corrected chi connectivity index (χ1v) is 6.87. The van der Waals surface area contributed by atoms with Gasteiger partial charge in [-0.2, -0.15) is 0 Å². The lowest BCUT2D eigenvalue weighted by molar-refractivity contribution is 0.140. The van der Waals surface area contributed by atoms with Crippen LogP contribution in [0, 0.1) is 5.82 Å². The Morgan fingerprint density at radius 2 is 2.11 bits per heavy atom. The van der Waals surface area contributed by atoms with E-state index in [1.165, 1.54) is 13.2 Å². The molecule has 0 saturated heterocycles. The molecule has 0 aliphatic carbocycles. The van der Waals surface area contributed by atoms with Gasteiger partial charge in [0.15, 0.2) is 0 Å². The summed E-state index contributed by atoms with van der Waals surface area (Å²) in [6.07, 6.45) is 1.77. The van der Waals surface area contributed by atoms with Crippen LogP contribution in [0.1, 0.15) is 38.3 Å². The molecule has 0 saturated carbocycles. The largest absolute Gasteiger partial charge is 0.497 e. The number of methoxy groups -OCH3 is 1. The summed E-state index contributed by atoms with van der Waals surface area (Å²) in [7, 11) is 1.54. The zero-order chi connectivity index (χ0) is 14.1. The molecule has 0 fully saturated rings. The molecule has 1 aromatic carbocycles. The molecule has 0 heterocycles. The Labute approximate surface area is 115 Å². The molecule has 0 amide bonds. The van der Waals surface area contributed by atoms with Crippen LogP contribution in [0.25, 0.3) is 0 Å². The van der Waals surface area contributed by atoms with Crippen molar-refractivity contribution in [2.24, 2.45) is 0 Å². The van der Waals surface area contributed by atoms with Gasteiger partial charge in [0, 0.05) is 30.9 Å². The van der Waals surface area contributed by atoms with Crippen molar-refractivity contribution in [3.63, 3.8) is 0 Å². The van der Waals surface area contributed by atoms with E-state index in [4.69, 9.17) is 9.47 Å². The van der Waals surface area contributed by atoms with Crippen molar-refractivity contribution in [3.05, 3.63) is 29.6 Å². The second-order valence-corrected chi connectivity index (χ2v) is 4.34. The van der Waals surface area contributed by atoms with Gasteiger partial charge in [0.25, 0.3) is 0 Å². The maximum atomic E-state index is 14.0. The maximum absolute atomic E-state index is 14.0. The van der Waals surface area contributed by atoms with Gasteiger partial charge in [0.2, 0.25) is 0 Å². The highest BCUT2D eigenvalue weighted by atomic mass is 19.1. The smallest absolute Gasteiger partial charge is 0.131 e. The lowest BCUT2D eigenvalue weighted by Gasteiger charge is -2.19. The van der Waals surface area contributed by atoms with Gasteiger partial charge in [-0.15, -0.1) is 0 Å². The van der Waals surface area contributed by atoms with Gasteiger partial charge in [-0.05, 0) is 32.4 Å². The first-order valence-electron chi connectivity index (χ1n) is 6.87. The van der Waals surface area contributed by atoms with Crippen molar-refractivity contribution < 1.29 is 13.9 Å². The minimum Gasteiger partial charge on any atom is -0.497 e. The zero-order valence-electron chi connectivity index (χ0n) is 12.0. The minimum atomic E-state index is -0.221. The van der Waals surface area contributed by atoms with Crippen LogP contribution in [0.2, 0.25) is 0 Å². The summed E-state index contributed by atoms with van der Waals surface area (Å²) in [4.78, 5) is 0. The summed E-state index contributed by atoms with van der Waals surface area (Å²) < 4.78 is 24.4. The molecule has 0 aliphatic rings. The SMILES string of the molecule is CCNC(CCCOCC)c1ccc(OC)cc1F. The topological polar surface area (TPSA) is 30.5 Å². The van der Waals surface area contributed by atoms with Gasteiger partial charge >= 0.3 is 0 Å². The summed E-state index contributed by atoms with van der Waals surface area (Å²) in [5.74, 6) is 0.326. The van der Waals surface area contributed by atoms with E-state index >= 15 is 0 Å². The number of rotatable bonds is 9. The van der Waals surface area contributed by atoms with Crippen LogP contribution in [-0.2, 0) is 4.74 Å². The Morgan fingerprint density at radius 1 is 1.32 bits per heavy atom. The number of halogens is 1. The second kappa shape index (κ2) is 8.88. The molecule has 0 spiro atoms. The quantitative estimate of drug-likeness (QED) is 0.698. The minimum absolute atomic E-state index is 0.0244. The average molecular weight is 269 g/mol. The van der Waals surface area contributed by atoms with E-state index in [0.29, 0.717) is 11.3 Å². The van der Waals surface area contributed by atoms with Gasteiger partial charge in [0.05, 0.1) is 7.11 Å². The fraction of sp³-hybridized carbons (Fsp3) is 0.600. The van der Waals surface area contributed by atoms with Crippen LogP contribution in [0.15, 0.2) is 18.2 Å². The zero-order valence-corrected chi connectivity index (χ0v) is 12.0. The molecule has 108 valence electrons. The van der Waals surface area contributed by atoms with Crippen molar-refractivity contribution in [1.29, 1.82) is 0 Å². The van der Waals surface area contributed by atoms with E-state index in [2.05, 4.69) is 5.32 Å². The van der Waals surface area contributed by atoms with E-state index in [-0.39, 0.29) is 11.9 Å². The maximum Gasteiger partial charge on any atom is 0.131 e. The summed E-state index contributed by atoms with van der Waals surface area (Å²) in [5, 5.41) is 3.32. The molecule has 0 bridgehead atoms. The normalized spacial score (nSPS) is 12.4. The van der Waals surface area contributed by atoms with Crippen molar-refractivity contribution in [3.8, 4) is 5.75 Å². The van der Waals surface area contributed by atoms with Crippen LogP contribution >= 0.6 is 0 Å². The Kier molecular flexibility index (Phi) is 7.45. The molecule has 1 aromatic rings. The van der Waals surface area contributed by atoms with E-state index in [9.17, 15) is 4.39 Å². The summed E-state index contributed by atoms with van der Waals surface area (Å²) in [5.41, 5.74) is 0.694. The molecule has 1 N–H and O–H groups in total. The van der Waals surface area contributed by atoms with Crippen molar-refractivity contribution in [1.82, 2.24) is 5.32 Å².